The maximum atomic E-state index is 11.2. The van der Waals surface area contributed by atoms with E-state index in [1.807, 2.05) is 21.0 Å². The highest BCUT2D eigenvalue weighted by Gasteiger charge is 2.16. The van der Waals surface area contributed by atoms with Crippen molar-refractivity contribution in [3.05, 3.63) is 0 Å². The summed E-state index contributed by atoms with van der Waals surface area (Å²) in [4.78, 5) is 11.2. The SMILES string of the molecule is CCC(=O)CC[N+](C)(C)CCCCS(=O)(=O)O. The van der Waals surface area contributed by atoms with Crippen LogP contribution in [-0.4, -0.2) is 56.2 Å². The number of nitrogens with zero attached hydrogens (tertiary/aromatic N) is 1. The highest BCUT2D eigenvalue weighted by Crippen LogP contribution is 2.05. The van der Waals surface area contributed by atoms with Crippen molar-refractivity contribution in [2.24, 2.45) is 0 Å². The Hall–Kier alpha value is -0.460. The van der Waals surface area contributed by atoms with Gasteiger partial charge in [0, 0.05) is 6.42 Å². The third kappa shape index (κ3) is 10.4. The van der Waals surface area contributed by atoms with Crippen LogP contribution in [0.1, 0.15) is 32.6 Å². The minimum Gasteiger partial charge on any atom is -0.328 e. The molecule has 0 rings (SSSR count). The van der Waals surface area contributed by atoms with E-state index < -0.39 is 10.1 Å². The topological polar surface area (TPSA) is 71.4 Å². The van der Waals surface area contributed by atoms with Gasteiger partial charge in [-0.1, -0.05) is 6.92 Å². The van der Waals surface area contributed by atoms with Gasteiger partial charge in [-0.05, 0) is 12.8 Å². The van der Waals surface area contributed by atoms with Crippen LogP contribution in [0.5, 0.6) is 0 Å². The lowest BCUT2D eigenvalue weighted by atomic mass is 10.2. The van der Waals surface area contributed by atoms with Crippen LogP contribution in [-0.2, 0) is 14.9 Å². The van der Waals surface area contributed by atoms with Crippen molar-refractivity contribution >= 4 is 15.9 Å². The number of ketones is 1. The van der Waals surface area contributed by atoms with Gasteiger partial charge in [-0.3, -0.25) is 9.35 Å². The molecule has 0 fully saturated rings. The van der Waals surface area contributed by atoms with Gasteiger partial charge in [0.15, 0.2) is 0 Å². The lowest BCUT2D eigenvalue weighted by Crippen LogP contribution is -2.42. The molecule has 102 valence electrons. The van der Waals surface area contributed by atoms with Crippen LogP contribution in [0.3, 0.4) is 0 Å². The second-order valence-corrected chi connectivity index (χ2v) is 6.59. The molecule has 0 bridgehead atoms. The van der Waals surface area contributed by atoms with E-state index in [9.17, 15) is 13.2 Å². The molecule has 0 heterocycles. The highest BCUT2D eigenvalue weighted by molar-refractivity contribution is 7.85. The summed E-state index contributed by atoms with van der Waals surface area (Å²) in [6.07, 6.45) is 2.33. The molecule has 0 spiro atoms. The molecule has 0 radical (unpaired) electrons. The van der Waals surface area contributed by atoms with Gasteiger partial charge in [0.05, 0.1) is 39.4 Å². The molecule has 0 amide bonds. The first-order chi connectivity index (χ1) is 7.66. The van der Waals surface area contributed by atoms with E-state index in [2.05, 4.69) is 0 Å². The molecule has 0 aromatic carbocycles. The number of hydrogen-bond donors (Lipinski definition) is 1. The Kier molecular flexibility index (Phi) is 6.89. The van der Waals surface area contributed by atoms with Crippen LogP contribution in [0.4, 0.5) is 0 Å². The van der Waals surface area contributed by atoms with E-state index in [1.54, 1.807) is 0 Å². The quantitative estimate of drug-likeness (QED) is 0.385. The molecule has 17 heavy (non-hydrogen) atoms. The second kappa shape index (κ2) is 7.08. The number of hydrogen-bond acceptors (Lipinski definition) is 3. The zero-order chi connectivity index (χ0) is 13.5. The monoisotopic (exact) mass is 266 g/mol. The third-order valence-electron chi connectivity index (χ3n) is 2.81. The number of Topliss-reactive ketones (excluding diaryl/α,β-unsaturated/α-hetero) is 1. The van der Waals surface area contributed by atoms with Gasteiger partial charge in [0.1, 0.15) is 5.78 Å². The molecule has 0 aliphatic rings. The number of carbonyl (C=O) groups is 1. The number of unbranched alkanes of at least 4 members (excludes halogenated alkanes) is 1. The first-order valence-electron chi connectivity index (χ1n) is 5.95. The van der Waals surface area contributed by atoms with E-state index in [1.165, 1.54) is 0 Å². The van der Waals surface area contributed by atoms with E-state index in [4.69, 9.17) is 4.55 Å². The predicted molar refractivity (Wildman–Crippen MR) is 67.4 cm³/mol. The van der Waals surface area contributed by atoms with Gasteiger partial charge in [-0.15, -0.1) is 0 Å². The smallest absolute Gasteiger partial charge is 0.264 e. The van der Waals surface area contributed by atoms with Gasteiger partial charge < -0.3 is 4.48 Å². The van der Waals surface area contributed by atoms with Gasteiger partial charge in [0.25, 0.3) is 10.1 Å². The highest BCUT2D eigenvalue weighted by atomic mass is 32.2. The van der Waals surface area contributed by atoms with Crippen molar-refractivity contribution in [3.8, 4) is 0 Å². The summed E-state index contributed by atoms with van der Waals surface area (Å²) in [6.45, 7) is 3.44. The molecule has 0 aliphatic carbocycles. The van der Waals surface area contributed by atoms with E-state index in [-0.39, 0.29) is 11.5 Å². The van der Waals surface area contributed by atoms with Crippen molar-refractivity contribution < 1.29 is 22.2 Å². The first-order valence-corrected chi connectivity index (χ1v) is 7.56. The standard InChI is InChI=1S/C11H23NO4S/c1-4-11(13)7-9-12(2,3)8-5-6-10-17(14,15)16/h4-10H2,1-3H3/p+1. The van der Waals surface area contributed by atoms with Gasteiger partial charge >= 0.3 is 0 Å². The van der Waals surface area contributed by atoms with E-state index in [0.717, 1.165) is 19.5 Å². The largest absolute Gasteiger partial charge is 0.328 e. The second-order valence-electron chi connectivity index (χ2n) is 5.02. The number of quaternary nitrogens is 1. The van der Waals surface area contributed by atoms with Crippen LogP contribution in [0.2, 0.25) is 0 Å². The molecule has 6 heteroatoms. The molecular formula is C11H24NO4S+. The Labute approximate surface area is 104 Å². The molecule has 5 nitrogen and oxygen atoms in total. The van der Waals surface area contributed by atoms with Crippen LogP contribution in [0.15, 0.2) is 0 Å². The van der Waals surface area contributed by atoms with Crippen LogP contribution in [0.25, 0.3) is 0 Å². The summed E-state index contributed by atoms with van der Waals surface area (Å²) in [7, 11) is 0.216. The molecule has 1 N–H and O–H groups in total. The molecule has 0 saturated carbocycles. The summed E-state index contributed by atoms with van der Waals surface area (Å²) in [5, 5.41) is 0. The predicted octanol–water partition coefficient (Wildman–Crippen LogP) is 1.10. The average Bonchev–Trinajstić information content (AvgIpc) is 2.20. The van der Waals surface area contributed by atoms with Crippen molar-refractivity contribution in [1.82, 2.24) is 0 Å². The molecule has 0 aliphatic heterocycles. The molecular weight excluding hydrogens is 242 g/mol. The first kappa shape index (κ1) is 16.5. The Bertz CT molecular complexity index is 335. The Morgan fingerprint density at radius 1 is 1.18 bits per heavy atom. The maximum Gasteiger partial charge on any atom is 0.264 e. The van der Waals surface area contributed by atoms with E-state index in [0.29, 0.717) is 23.7 Å². The van der Waals surface area contributed by atoms with Crippen molar-refractivity contribution in [3.63, 3.8) is 0 Å². The molecule has 0 aromatic heterocycles. The lowest BCUT2D eigenvalue weighted by Gasteiger charge is -2.29. The Balaban J connectivity index is 3.82. The fraction of sp³-hybridized carbons (Fsp3) is 0.909. The van der Waals surface area contributed by atoms with Crippen LogP contribution >= 0.6 is 0 Å². The van der Waals surface area contributed by atoms with Crippen LogP contribution in [0, 0.1) is 0 Å². The van der Waals surface area contributed by atoms with Gasteiger partial charge in [-0.2, -0.15) is 8.42 Å². The van der Waals surface area contributed by atoms with E-state index >= 15 is 0 Å². The summed E-state index contributed by atoms with van der Waals surface area (Å²) in [6, 6.07) is 0. The summed E-state index contributed by atoms with van der Waals surface area (Å²) in [5.74, 6) is 0.0788. The Morgan fingerprint density at radius 3 is 2.24 bits per heavy atom. The fourth-order valence-electron chi connectivity index (χ4n) is 1.54. The molecule has 0 atom stereocenters. The molecule has 0 unspecified atom stereocenters. The summed E-state index contributed by atoms with van der Waals surface area (Å²) in [5.41, 5.74) is 0. The normalized spacial score (nSPS) is 12.7. The van der Waals surface area contributed by atoms with Crippen molar-refractivity contribution in [2.75, 3.05) is 32.9 Å². The summed E-state index contributed by atoms with van der Waals surface area (Å²) < 4.78 is 30.3. The average molecular weight is 266 g/mol. The van der Waals surface area contributed by atoms with Crippen molar-refractivity contribution in [1.29, 1.82) is 0 Å². The fourth-order valence-corrected chi connectivity index (χ4v) is 2.11. The lowest BCUT2D eigenvalue weighted by molar-refractivity contribution is -0.889. The Morgan fingerprint density at radius 2 is 1.76 bits per heavy atom. The van der Waals surface area contributed by atoms with Crippen LogP contribution < -0.4 is 0 Å². The van der Waals surface area contributed by atoms with Gasteiger partial charge in [0.2, 0.25) is 0 Å². The maximum absolute atomic E-state index is 11.2. The minimum absolute atomic E-state index is 0.180. The number of rotatable bonds is 9. The third-order valence-corrected chi connectivity index (χ3v) is 3.61. The zero-order valence-electron chi connectivity index (χ0n) is 11.0. The summed E-state index contributed by atoms with van der Waals surface area (Å²) >= 11 is 0. The molecule has 0 aromatic rings. The van der Waals surface area contributed by atoms with Crippen molar-refractivity contribution in [2.45, 2.75) is 32.6 Å². The number of carbonyl (C=O) groups excluding carboxylic acids is 1. The van der Waals surface area contributed by atoms with Gasteiger partial charge in [-0.25, -0.2) is 0 Å². The molecule has 0 saturated heterocycles. The minimum atomic E-state index is -3.83. The zero-order valence-corrected chi connectivity index (χ0v) is 11.8.